The number of nitrogens with two attached hydrogens (primary N) is 1. The minimum absolute atomic E-state index is 0.283. The van der Waals surface area contributed by atoms with Crippen LogP contribution in [0.2, 0.25) is 0 Å². The van der Waals surface area contributed by atoms with Gasteiger partial charge in [0.2, 0.25) is 0 Å². The highest BCUT2D eigenvalue weighted by atomic mass is 32.1. The zero-order valence-electron chi connectivity index (χ0n) is 8.78. The van der Waals surface area contributed by atoms with Crippen LogP contribution in [-0.4, -0.2) is 0 Å². The summed E-state index contributed by atoms with van der Waals surface area (Å²) in [4.78, 5) is 1.36. The van der Waals surface area contributed by atoms with Crippen LogP contribution in [0.1, 0.15) is 43.5 Å². The van der Waals surface area contributed by atoms with Crippen LogP contribution < -0.4 is 5.73 Å². The van der Waals surface area contributed by atoms with Crippen molar-refractivity contribution in [2.45, 2.75) is 38.6 Å². The Kier molecular flexibility index (Phi) is 3.24. The van der Waals surface area contributed by atoms with Gasteiger partial charge in [0, 0.05) is 10.9 Å². The first kappa shape index (κ1) is 10.2. The fourth-order valence-corrected chi connectivity index (χ4v) is 3.37. The summed E-state index contributed by atoms with van der Waals surface area (Å²) in [6.45, 7) is 2.36. The third kappa shape index (κ3) is 2.01. The largest absolute Gasteiger partial charge is 0.323 e. The molecule has 2 heteroatoms. The zero-order chi connectivity index (χ0) is 9.97. The quantitative estimate of drug-likeness (QED) is 0.791. The van der Waals surface area contributed by atoms with Crippen molar-refractivity contribution in [2.75, 3.05) is 0 Å². The summed E-state index contributed by atoms with van der Waals surface area (Å²) >= 11 is 1.80. The monoisotopic (exact) mass is 209 g/mol. The van der Waals surface area contributed by atoms with Gasteiger partial charge in [-0.3, -0.25) is 0 Å². The van der Waals surface area contributed by atoms with Crippen molar-refractivity contribution in [3.63, 3.8) is 0 Å². The molecule has 78 valence electrons. The molecular formula is C12H19NS. The van der Waals surface area contributed by atoms with Crippen molar-refractivity contribution in [2.24, 2.45) is 17.6 Å². The Hall–Kier alpha value is -0.340. The van der Waals surface area contributed by atoms with Gasteiger partial charge in [0.25, 0.3) is 0 Å². The van der Waals surface area contributed by atoms with Gasteiger partial charge in [0.05, 0.1) is 0 Å². The lowest BCUT2D eigenvalue weighted by molar-refractivity contribution is 0.220. The molecule has 0 radical (unpaired) electrons. The minimum atomic E-state index is 0.283. The summed E-state index contributed by atoms with van der Waals surface area (Å²) in [6, 6.07) is 4.56. The van der Waals surface area contributed by atoms with E-state index in [0.717, 1.165) is 5.92 Å². The van der Waals surface area contributed by atoms with Gasteiger partial charge in [-0.25, -0.2) is 0 Å². The van der Waals surface area contributed by atoms with Crippen LogP contribution in [0.3, 0.4) is 0 Å². The lowest BCUT2D eigenvalue weighted by Gasteiger charge is -2.32. The van der Waals surface area contributed by atoms with Crippen molar-refractivity contribution >= 4 is 11.3 Å². The topological polar surface area (TPSA) is 26.0 Å². The third-order valence-electron chi connectivity index (χ3n) is 3.51. The van der Waals surface area contributed by atoms with Crippen LogP contribution in [0.25, 0.3) is 0 Å². The standard InChI is InChI=1S/C12H19NS/c1-9-5-2-3-6-10(9)12(13)11-7-4-8-14-11/h4,7-10,12H,2-3,5-6,13H2,1H3. The van der Waals surface area contributed by atoms with Crippen molar-refractivity contribution in [3.05, 3.63) is 22.4 Å². The average Bonchev–Trinajstić information content (AvgIpc) is 2.70. The zero-order valence-corrected chi connectivity index (χ0v) is 9.59. The Morgan fingerprint density at radius 2 is 2.21 bits per heavy atom. The van der Waals surface area contributed by atoms with E-state index < -0.39 is 0 Å². The van der Waals surface area contributed by atoms with E-state index in [0.29, 0.717) is 5.92 Å². The van der Waals surface area contributed by atoms with Crippen LogP contribution in [0, 0.1) is 11.8 Å². The van der Waals surface area contributed by atoms with Gasteiger partial charge in [-0.15, -0.1) is 11.3 Å². The second-order valence-corrected chi connectivity index (χ2v) is 5.45. The Bertz CT molecular complexity index is 268. The Labute approximate surface area is 90.3 Å². The fraction of sp³-hybridized carbons (Fsp3) is 0.667. The van der Waals surface area contributed by atoms with Crippen LogP contribution in [-0.2, 0) is 0 Å². The molecule has 1 aromatic heterocycles. The molecule has 1 aromatic rings. The van der Waals surface area contributed by atoms with Crippen molar-refractivity contribution in [1.29, 1.82) is 0 Å². The Morgan fingerprint density at radius 1 is 1.43 bits per heavy atom. The summed E-state index contributed by atoms with van der Waals surface area (Å²) in [5.74, 6) is 1.52. The Balaban J connectivity index is 2.06. The van der Waals surface area contributed by atoms with Gasteiger partial charge in [0.1, 0.15) is 0 Å². The summed E-state index contributed by atoms with van der Waals surface area (Å²) < 4.78 is 0. The van der Waals surface area contributed by atoms with E-state index in [1.807, 2.05) is 0 Å². The molecule has 1 saturated carbocycles. The molecule has 1 fully saturated rings. The molecule has 1 nitrogen and oxygen atoms in total. The van der Waals surface area contributed by atoms with Crippen LogP contribution in [0.4, 0.5) is 0 Å². The van der Waals surface area contributed by atoms with E-state index >= 15 is 0 Å². The number of rotatable bonds is 2. The van der Waals surface area contributed by atoms with Gasteiger partial charge in [-0.2, -0.15) is 0 Å². The molecule has 0 saturated heterocycles. The predicted molar refractivity (Wildman–Crippen MR) is 62.4 cm³/mol. The molecule has 3 unspecified atom stereocenters. The first-order chi connectivity index (χ1) is 6.79. The van der Waals surface area contributed by atoms with E-state index in [4.69, 9.17) is 5.73 Å². The summed E-state index contributed by atoms with van der Waals surface area (Å²) in [6.07, 6.45) is 5.45. The summed E-state index contributed by atoms with van der Waals surface area (Å²) in [7, 11) is 0. The molecule has 2 N–H and O–H groups in total. The second-order valence-electron chi connectivity index (χ2n) is 4.47. The highest BCUT2D eigenvalue weighted by molar-refractivity contribution is 7.10. The van der Waals surface area contributed by atoms with Gasteiger partial charge >= 0.3 is 0 Å². The number of hydrogen-bond acceptors (Lipinski definition) is 2. The van der Waals surface area contributed by atoms with Gasteiger partial charge < -0.3 is 5.73 Å². The van der Waals surface area contributed by atoms with Gasteiger partial charge in [-0.1, -0.05) is 32.3 Å². The minimum Gasteiger partial charge on any atom is -0.323 e. The maximum atomic E-state index is 6.32. The second kappa shape index (κ2) is 4.45. The van der Waals surface area contributed by atoms with Crippen LogP contribution >= 0.6 is 11.3 Å². The lowest BCUT2D eigenvalue weighted by Crippen LogP contribution is -2.28. The summed E-state index contributed by atoms with van der Waals surface area (Å²) in [5.41, 5.74) is 6.32. The van der Waals surface area contributed by atoms with Crippen LogP contribution in [0.15, 0.2) is 17.5 Å². The normalized spacial score (nSPS) is 30.1. The van der Waals surface area contributed by atoms with Gasteiger partial charge in [0.15, 0.2) is 0 Å². The first-order valence-electron chi connectivity index (χ1n) is 5.58. The maximum Gasteiger partial charge on any atom is 0.0420 e. The summed E-state index contributed by atoms with van der Waals surface area (Å²) in [5, 5.41) is 2.13. The molecule has 14 heavy (non-hydrogen) atoms. The highest BCUT2D eigenvalue weighted by Gasteiger charge is 2.27. The molecule has 1 aliphatic carbocycles. The van der Waals surface area contributed by atoms with Crippen molar-refractivity contribution in [1.82, 2.24) is 0 Å². The van der Waals surface area contributed by atoms with E-state index in [1.165, 1.54) is 30.6 Å². The molecule has 0 aliphatic heterocycles. The molecule has 1 aliphatic rings. The molecule has 0 spiro atoms. The van der Waals surface area contributed by atoms with Crippen molar-refractivity contribution < 1.29 is 0 Å². The molecule has 0 amide bonds. The predicted octanol–water partition coefficient (Wildman–Crippen LogP) is 3.57. The average molecular weight is 209 g/mol. The van der Waals surface area contributed by atoms with E-state index in [2.05, 4.69) is 24.4 Å². The molecule has 0 aromatic carbocycles. The van der Waals surface area contributed by atoms with E-state index in [9.17, 15) is 0 Å². The van der Waals surface area contributed by atoms with E-state index in [1.54, 1.807) is 11.3 Å². The fourth-order valence-electron chi connectivity index (χ4n) is 2.57. The van der Waals surface area contributed by atoms with E-state index in [-0.39, 0.29) is 6.04 Å². The van der Waals surface area contributed by atoms with Crippen LogP contribution in [0.5, 0.6) is 0 Å². The molecule has 1 heterocycles. The highest BCUT2D eigenvalue weighted by Crippen LogP contribution is 2.38. The molecular weight excluding hydrogens is 190 g/mol. The molecule has 0 bridgehead atoms. The maximum absolute atomic E-state index is 6.32. The SMILES string of the molecule is CC1CCCCC1C(N)c1cccs1. The molecule has 3 atom stereocenters. The van der Waals surface area contributed by atoms with Crippen molar-refractivity contribution in [3.8, 4) is 0 Å². The smallest absolute Gasteiger partial charge is 0.0420 e. The number of hydrogen-bond donors (Lipinski definition) is 1. The van der Waals surface area contributed by atoms with Gasteiger partial charge in [-0.05, 0) is 29.7 Å². The molecule has 2 rings (SSSR count). The Morgan fingerprint density at radius 3 is 2.86 bits per heavy atom. The first-order valence-corrected chi connectivity index (χ1v) is 6.46. The lowest BCUT2D eigenvalue weighted by atomic mass is 9.76. The third-order valence-corrected chi connectivity index (χ3v) is 4.48. The number of thiophene rings is 1.